The SMILES string of the molecule is CCCN(CC(=O)NC)C(CC)c1nc(CCl)cs1. The Hall–Kier alpha value is -0.650. The Balaban J connectivity index is 2.85. The number of hydrogen-bond acceptors (Lipinski definition) is 4. The third-order valence-corrected chi connectivity index (χ3v) is 4.22. The zero-order chi connectivity index (χ0) is 14.3. The van der Waals surface area contributed by atoms with Gasteiger partial charge in [0.2, 0.25) is 5.91 Å². The number of halogens is 1. The maximum Gasteiger partial charge on any atom is 0.233 e. The molecule has 0 bridgehead atoms. The smallest absolute Gasteiger partial charge is 0.233 e. The molecule has 6 heteroatoms. The molecule has 1 rings (SSSR count). The molecule has 1 aromatic rings. The molecular weight excluding hydrogens is 282 g/mol. The van der Waals surface area contributed by atoms with E-state index in [1.807, 2.05) is 5.38 Å². The van der Waals surface area contributed by atoms with Crippen LogP contribution in [0.4, 0.5) is 0 Å². The second-order valence-corrected chi connectivity index (χ2v) is 5.54. The molecule has 0 spiro atoms. The van der Waals surface area contributed by atoms with Crippen LogP contribution < -0.4 is 5.32 Å². The van der Waals surface area contributed by atoms with Gasteiger partial charge < -0.3 is 5.32 Å². The molecule has 1 aromatic heterocycles. The van der Waals surface area contributed by atoms with Crippen molar-refractivity contribution in [2.24, 2.45) is 0 Å². The Morgan fingerprint density at radius 3 is 2.79 bits per heavy atom. The van der Waals surface area contributed by atoms with Crippen LogP contribution in [0.5, 0.6) is 0 Å². The van der Waals surface area contributed by atoms with Gasteiger partial charge in [0.25, 0.3) is 0 Å². The van der Waals surface area contributed by atoms with Crippen LogP contribution in [-0.2, 0) is 10.7 Å². The van der Waals surface area contributed by atoms with E-state index in [0.29, 0.717) is 12.4 Å². The zero-order valence-corrected chi connectivity index (χ0v) is 13.4. The maximum absolute atomic E-state index is 11.6. The van der Waals surface area contributed by atoms with Gasteiger partial charge in [-0.1, -0.05) is 13.8 Å². The number of hydrogen-bond donors (Lipinski definition) is 1. The summed E-state index contributed by atoms with van der Waals surface area (Å²) in [7, 11) is 1.67. The van der Waals surface area contributed by atoms with Crippen LogP contribution in [0.2, 0.25) is 0 Å². The second-order valence-electron chi connectivity index (χ2n) is 4.38. The average Bonchev–Trinajstić information content (AvgIpc) is 2.88. The standard InChI is InChI=1S/C13H22ClN3OS/c1-4-6-17(8-12(18)15-3)11(5-2)13-16-10(7-14)9-19-13/h9,11H,4-8H2,1-3H3,(H,15,18). The molecule has 1 N–H and O–H groups in total. The molecule has 0 fully saturated rings. The van der Waals surface area contributed by atoms with Crippen molar-refractivity contribution in [3.05, 3.63) is 16.1 Å². The Morgan fingerprint density at radius 2 is 2.32 bits per heavy atom. The Bertz CT molecular complexity index is 397. The molecule has 0 saturated carbocycles. The van der Waals surface area contributed by atoms with Crippen LogP contribution in [0.1, 0.15) is 43.4 Å². The van der Waals surface area contributed by atoms with Gasteiger partial charge in [-0.05, 0) is 19.4 Å². The average molecular weight is 304 g/mol. The maximum atomic E-state index is 11.6. The minimum atomic E-state index is 0.0426. The van der Waals surface area contributed by atoms with Crippen molar-refractivity contribution in [2.45, 2.75) is 38.6 Å². The lowest BCUT2D eigenvalue weighted by Gasteiger charge is -2.28. The number of carbonyl (C=O) groups excluding carboxylic acids is 1. The summed E-state index contributed by atoms with van der Waals surface area (Å²) < 4.78 is 0. The van der Waals surface area contributed by atoms with Gasteiger partial charge in [-0.25, -0.2) is 4.98 Å². The minimum Gasteiger partial charge on any atom is -0.358 e. The molecule has 1 heterocycles. The van der Waals surface area contributed by atoms with E-state index in [1.54, 1.807) is 18.4 Å². The van der Waals surface area contributed by atoms with Crippen LogP contribution >= 0.6 is 22.9 Å². The lowest BCUT2D eigenvalue weighted by molar-refractivity contribution is -0.122. The van der Waals surface area contributed by atoms with Gasteiger partial charge in [-0.15, -0.1) is 22.9 Å². The highest BCUT2D eigenvalue weighted by Gasteiger charge is 2.22. The number of nitrogens with zero attached hydrogens (tertiary/aromatic N) is 2. The predicted octanol–water partition coefficient (Wildman–Crippen LogP) is 2.79. The van der Waals surface area contributed by atoms with E-state index in [4.69, 9.17) is 11.6 Å². The summed E-state index contributed by atoms with van der Waals surface area (Å²) >= 11 is 7.43. The molecule has 0 aromatic carbocycles. The normalized spacial score (nSPS) is 12.7. The number of nitrogens with one attached hydrogen (secondary N) is 1. The topological polar surface area (TPSA) is 45.2 Å². The van der Waals surface area contributed by atoms with Crippen molar-refractivity contribution in [1.82, 2.24) is 15.2 Å². The molecule has 1 atom stereocenters. The number of thiazole rings is 1. The molecule has 1 unspecified atom stereocenters. The van der Waals surface area contributed by atoms with Gasteiger partial charge in [0.1, 0.15) is 5.01 Å². The lowest BCUT2D eigenvalue weighted by atomic mass is 10.2. The van der Waals surface area contributed by atoms with Gasteiger partial charge in [0.05, 0.1) is 24.2 Å². The Kier molecular flexibility index (Phi) is 7.34. The van der Waals surface area contributed by atoms with Crippen molar-refractivity contribution >= 4 is 28.8 Å². The van der Waals surface area contributed by atoms with E-state index in [0.717, 1.165) is 30.1 Å². The summed E-state index contributed by atoms with van der Waals surface area (Å²) in [6.45, 7) is 5.55. The van der Waals surface area contributed by atoms with Crippen LogP contribution in [0.15, 0.2) is 5.38 Å². The third-order valence-electron chi connectivity index (χ3n) is 2.96. The summed E-state index contributed by atoms with van der Waals surface area (Å²) in [5.41, 5.74) is 0.913. The number of rotatable bonds is 8. The first-order chi connectivity index (χ1) is 9.15. The van der Waals surface area contributed by atoms with Crippen molar-refractivity contribution in [2.75, 3.05) is 20.1 Å². The van der Waals surface area contributed by atoms with Crippen molar-refractivity contribution < 1.29 is 4.79 Å². The molecule has 19 heavy (non-hydrogen) atoms. The Morgan fingerprint density at radius 1 is 1.58 bits per heavy atom. The van der Waals surface area contributed by atoms with E-state index < -0.39 is 0 Å². The predicted molar refractivity (Wildman–Crippen MR) is 80.6 cm³/mol. The fraction of sp³-hybridized carbons (Fsp3) is 0.692. The highest BCUT2D eigenvalue weighted by Crippen LogP contribution is 2.27. The fourth-order valence-corrected chi connectivity index (χ4v) is 3.29. The van der Waals surface area contributed by atoms with E-state index in [-0.39, 0.29) is 11.9 Å². The van der Waals surface area contributed by atoms with Crippen molar-refractivity contribution in [3.63, 3.8) is 0 Å². The molecule has 0 aliphatic rings. The minimum absolute atomic E-state index is 0.0426. The highest BCUT2D eigenvalue weighted by atomic mass is 35.5. The largest absolute Gasteiger partial charge is 0.358 e. The summed E-state index contributed by atoms with van der Waals surface area (Å²) in [4.78, 5) is 18.4. The van der Waals surface area contributed by atoms with Gasteiger partial charge in [-0.2, -0.15) is 0 Å². The van der Waals surface area contributed by atoms with Crippen LogP contribution in [0, 0.1) is 0 Å². The molecule has 0 saturated heterocycles. The molecule has 1 amide bonds. The van der Waals surface area contributed by atoms with Crippen molar-refractivity contribution in [1.29, 1.82) is 0 Å². The van der Waals surface area contributed by atoms with Gasteiger partial charge in [0.15, 0.2) is 0 Å². The molecular formula is C13H22ClN3OS. The van der Waals surface area contributed by atoms with E-state index in [2.05, 4.69) is 29.0 Å². The summed E-state index contributed by atoms with van der Waals surface area (Å²) in [5, 5.41) is 5.73. The molecule has 108 valence electrons. The quantitative estimate of drug-likeness (QED) is 0.751. The lowest BCUT2D eigenvalue weighted by Crippen LogP contribution is -2.38. The first-order valence-electron chi connectivity index (χ1n) is 6.61. The first-order valence-corrected chi connectivity index (χ1v) is 8.02. The monoisotopic (exact) mass is 303 g/mol. The molecule has 0 aliphatic heterocycles. The van der Waals surface area contributed by atoms with Crippen LogP contribution in [0.25, 0.3) is 0 Å². The van der Waals surface area contributed by atoms with Gasteiger partial charge in [0, 0.05) is 12.4 Å². The number of aromatic nitrogens is 1. The molecule has 0 aliphatic carbocycles. The fourth-order valence-electron chi connectivity index (χ4n) is 2.02. The number of carbonyl (C=O) groups is 1. The third kappa shape index (κ3) is 4.75. The summed E-state index contributed by atoms with van der Waals surface area (Å²) in [5.74, 6) is 0.483. The second kappa shape index (κ2) is 8.51. The summed E-state index contributed by atoms with van der Waals surface area (Å²) in [6.07, 6.45) is 1.95. The zero-order valence-electron chi connectivity index (χ0n) is 11.8. The van der Waals surface area contributed by atoms with Crippen LogP contribution in [-0.4, -0.2) is 35.9 Å². The van der Waals surface area contributed by atoms with E-state index in [9.17, 15) is 4.79 Å². The van der Waals surface area contributed by atoms with Gasteiger partial charge in [-0.3, -0.25) is 9.69 Å². The highest BCUT2D eigenvalue weighted by molar-refractivity contribution is 7.09. The van der Waals surface area contributed by atoms with Crippen molar-refractivity contribution in [3.8, 4) is 0 Å². The first kappa shape index (κ1) is 16.4. The van der Waals surface area contributed by atoms with Crippen LogP contribution in [0.3, 0.4) is 0 Å². The number of amides is 1. The van der Waals surface area contributed by atoms with Gasteiger partial charge >= 0.3 is 0 Å². The number of alkyl halides is 1. The molecule has 4 nitrogen and oxygen atoms in total. The molecule has 0 radical (unpaired) electrons. The van der Waals surface area contributed by atoms with E-state index >= 15 is 0 Å². The number of likely N-dealkylation sites (N-methyl/N-ethyl adjacent to an activating group) is 1. The van der Waals surface area contributed by atoms with E-state index in [1.165, 1.54) is 0 Å². The summed E-state index contributed by atoms with van der Waals surface area (Å²) in [6, 6.07) is 0.194. The Labute approximate surface area is 124 Å².